The van der Waals surface area contributed by atoms with Gasteiger partial charge in [-0.3, -0.25) is 4.79 Å². The van der Waals surface area contributed by atoms with Gasteiger partial charge in [0, 0.05) is 6.54 Å². The van der Waals surface area contributed by atoms with Gasteiger partial charge < -0.3 is 9.88 Å². The third kappa shape index (κ3) is 3.80. The molecule has 0 bridgehead atoms. The molecule has 1 aromatic heterocycles. The Labute approximate surface area is 154 Å². The molecule has 1 atom stereocenters. The SMILES string of the molecule is CCn1c(S[C@H](C)C(=O)Nc2ccc(F)cc2Cl)nc2ccccc21. The molecule has 0 saturated heterocycles. The number of aromatic nitrogens is 2. The number of anilines is 1. The number of aryl methyl sites for hydroxylation is 1. The van der Waals surface area contributed by atoms with Gasteiger partial charge in [-0.15, -0.1) is 0 Å². The van der Waals surface area contributed by atoms with Gasteiger partial charge in [-0.2, -0.15) is 0 Å². The van der Waals surface area contributed by atoms with Crippen molar-refractivity contribution in [1.29, 1.82) is 0 Å². The Kier molecular flexibility index (Phi) is 5.30. The number of benzene rings is 2. The molecular weight excluding hydrogens is 361 g/mol. The maximum Gasteiger partial charge on any atom is 0.237 e. The van der Waals surface area contributed by atoms with E-state index in [0.717, 1.165) is 22.7 Å². The zero-order valence-corrected chi connectivity index (χ0v) is 15.4. The minimum Gasteiger partial charge on any atom is -0.324 e. The lowest BCUT2D eigenvalue weighted by atomic mass is 10.3. The molecule has 2 aromatic carbocycles. The van der Waals surface area contributed by atoms with Crippen molar-refractivity contribution in [1.82, 2.24) is 9.55 Å². The van der Waals surface area contributed by atoms with Crippen LogP contribution < -0.4 is 5.32 Å². The van der Waals surface area contributed by atoms with Crippen LogP contribution in [-0.2, 0) is 11.3 Å². The zero-order chi connectivity index (χ0) is 18.0. The summed E-state index contributed by atoms with van der Waals surface area (Å²) in [5.41, 5.74) is 2.34. The van der Waals surface area contributed by atoms with Crippen LogP contribution in [0.5, 0.6) is 0 Å². The summed E-state index contributed by atoms with van der Waals surface area (Å²) in [4.78, 5) is 17.1. The molecule has 0 fully saturated rings. The van der Waals surface area contributed by atoms with E-state index in [2.05, 4.69) is 14.9 Å². The van der Waals surface area contributed by atoms with Crippen molar-refractivity contribution in [3.8, 4) is 0 Å². The van der Waals surface area contributed by atoms with Gasteiger partial charge in [-0.25, -0.2) is 9.37 Å². The number of amides is 1. The molecule has 0 radical (unpaired) electrons. The number of thioether (sulfide) groups is 1. The molecule has 7 heteroatoms. The van der Waals surface area contributed by atoms with Crippen molar-refractivity contribution in [3.63, 3.8) is 0 Å². The Morgan fingerprint density at radius 3 is 2.84 bits per heavy atom. The Morgan fingerprint density at radius 1 is 1.36 bits per heavy atom. The highest BCUT2D eigenvalue weighted by molar-refractivity contribution is 8.00. The smallest absolute Gasteiger partial charge is 0.237 e. The molecule has 1 amide bonds. The molecule has 130 valence electrons. The van der Waals surface area contributed by atoms with E-state index >= 15 is 0 Å². The van der Waals surface area contributed by atoms with Gasteiger partial charge in [0.05, 0.1) is 27.0 Å². The normalized spacial score (nSPS) is 12.3. The third-order valence-corrected chi connectivity index (χ3v) is 5.18. The van der Waals surface area contributed by atoms with Gasteiger partial charge >= 0.3 is 0 Å². The minimum atomic E-state index is -0.443. The van der Waals surface area contributed by atoms with E-state index in [4.69, 9.17) is 11.6 Å². The maximum atomic E-state index is 13.1. The fourth-order valence-electron chi connectivity index (χ4n) is 2.49. The molecule has 0 aliphatic rings. The van der Waals surface area contributed by atoms with E-state index in [0.29, 0.717) is 5.69 Å². The average molecular weight is 378 g/mol. The quantitative estimate of drug-likeness (QED) is 0.638. The van der Waals surface area contributed by atoms with Crippen LogP contribution in [0.25, 0.3) is 11.0 Å². The maximum absolute atomic E-state index is 13.1. The van der Waals surface area contributed by atoms with Crippen molar-refractivity contribution in [2.24, 2.45) is 0 Å². The number of nitrogens with one attached hydrogen (secondary N) is 1. The predicted molar refractivity (Wildman–Crippen MR) is 101 cm³/mol. The van der Waals surface area contributed by atoms with Gasteiger partial charge in [-0.1, -0.05) is 35.5 Å². The van der Waals surface area contributed by atoms with Gasteiger partial charge in [0.15, 0.2) is 5.16 Å². The number of fused-ring (bicyclic) bond motifs is 1. The molecule has 25 heavy (non-hydrogen) atoms. The van der Waals surface area contributed by atoms with E-state index in [-0.39, 0.29) is 16.2 Å². The van der Waals surface area contributed by atoms with Crippen LogP contribution in [0.2, 0.25) is 5.02 Å². The lowest BCUT2D eigenvalue weighted by molar-refractivity contribution is -0.115. The van der Waals surface area contributed by atoms with Crippen LogP contribution in [0.4, 0.5) is 10.1 Å². The zero-order valence-electron chi connectivity index (χ0n) is 13.8. The van der Waals surface area contributed by atoms with E-state index in [9.17, 15) is 9.18 Å². The highest BCUT2D eigenvalue weighted by Gasteiger charge is 2.20. The fraction of sp³-hybridized carbons (Fsp3) is 0.222. The summed E-state index contributed by atoms with van der Waals surface area (Å²) in [5, 5.41) is 3.31. The van der Waals surface area contributed by atoms with Crippen molar-refractivity contribution in [2.45, 2.75) is 30.8 Å². The molecule has 1 N–H and O–H groups in total. The minimum absolute atomic E-state index is 0.173. The summed E-state index contributed by atoms with van der Waals surface area (Å²) < 4.78 is 15.2. The number of hydrogen-bond donors (Lipinski definition) is 1. The number of carbonyl (C=O) groups is 1. The van der Waals surface area contributed by atoms with Crippen LogP contribution >= 0.6 is 23.4 Å². The fourth-order valence-corrected chi connectivity index (χ4v) is 3.69. The van der Waals surface area contributed by atoms with Crippen LogP contribution in [-0.4, -0.2) is 20.7 Å². The number of imidazole rings is 1. The molecular formula is C18H17ClFN3OS. The molecule has 0 saturated carbocycles. The van der Waals surface area contributed by atoms with Crippen molar-refractivity contribution in [3.05, 3.63) is 53.3 Å². The Bertz CT molecular complexity index is 928. The number of halogens is 2. The van der Waals surface area contributed by atoms with Crippen LogP contribution in [0, 0.1) is 5.82 Å². The topological polar surface area (TPSA) is 46.9 Å². The molecule has 0 aliphatic carbocycles. The lowest BCUT2D eigenvalue weighted by Crippen LogP contribution is -2.23. The molecule has 0 spiro atoms. The largest absolute Gasteiger partial charge is 0.324 e. The second-order valence-corrected chi connectivity index (χ2v) is 7.22. The van der Waals surface area contributed by atoms with Crippen molar-refractivity contribution >= 4 is 46.0 Å². The third-order valence-electron chi connectivity index (χ3n) is 3.78. The number of para-hydroxylation sites is 2. The van der Waals surface area contributed by atoms with Crippen LogP contribution in [0.3, 0.4) is 0 Å². The number of hydrogen-bond acceptors (Lipinski definition) is 3. The van der Waals surface area contributed by atoms with Gasteiger partial charge in [-0.05, 0) is 44.2 Å². The molecule has 3 aromatic rings. The monoisotopic (exact) mass is 377 g/mol. The first kappa shape index (κ1) is 17.8. The Morgan fingerprint density at radius 2 is 2.12 bits per heavy atom. The Hall–Kier alpha value is -2.05. The van der Waals surface area contributed by atoms with Crippen molar-refractivity contribution in [2.75, 3.05) is 5.32 Å². The summed E-state index contributed by atoms with van der Waals surface area (Å²) >= 11 is 7.34. The molecule has 3 rings (SSSR count). The summed E-state index contributed by atoms with van der Waals surface area (Å²) in [6.07, 6.45) is 0. The van der Waals surface area contributed by atoms with Gasteiger partial charge in [0.2, 0.25) is 5.91 Å². The summed E-state index contributed by atoms with van der Waals surface area (Å²) in [6, 6.07) is 11.8. The van der Waals surface area contributed by atoms with Gasteiger partial charge in [0.1, 0.15) is 5.82 Å². The first-order valence-corrected chi connectivity index (χ1v) is 9.13. The molecule has 4 nitrogen and oxygen atoms in total. The first-order valence-electron chi connectivity index (χ1n) is 7.87. The summed E-state index contributed by atoms with van der Waals surface area (Å²) in [6.45, 7) is 4.61. The molecule has 0 aliphatic heterocycles. The van der Waals surface area contributed by atoms with Gasteiger partial charge in [0.25, 0.3) is 0 Å². The second-order valence-electron chi connectivity index (χ2n) is 5.50. The van der Waals surface area contributed by atoms with E-state index in [1.165, 1.54) is 30.0 Å². The van der Waals surface area contributed by atoms with Crippen LogP contribution in [0.1, 0.15) is 13.8 Å². The lowest BCUT2D eigenvalue weighted by Gasteiger charge is -2.13. The molecule has 1 heterocycles. The number of rotatable bonds is 5. The highest BCUT2D eigenvalue weighted by Crippen LogP contribution is 2.29. The standard InChI is InChI=1S/C18H17ClFN3OS/c1-3-23-16-7-5-4-6-15(16)22-18(23)25-11(2)17(24)21-14-9-8-12(20)10-13(14)19/h4-11H,3H2,1-2H3,(H,21,24)/t11-/m1/s1. The first-order chi connectivity index (χ1) is 12.0. The van der Waals surface area contributed by atoms with E-state index < -0.39 is 5.82 Å². The van der Waals surface area contributed by atoms with Crippen molar-refractivity contribution < 1.29 is 9.18 Å². The average Bonchev–Trinajstić information content (AvgIpc) is 2.94. The Balaban J connectivity index is 1.77. The van der Waals surface area contributed by atoms with Crippen LogP contribution in [0.15, 0.2) is 47.6 Å². The number of nitrogens with zero attached hydrogens (tertiary/aromatic N) is 2. The summed E-state index contributed by atoms with van der Waals surface area (Å²) in [5.74, 6) is -0.657. The van der Waals surface area contributed by atoms with E-state index in [1.807, 2.05) is 31.2 Å². The second kappa shape index (κ2) is 7.45. The summed E-state index contributed by atoms with van der Waals surface area (Å²) in [7, 11) is 0. The number of carbonyl (C=O) groups excluding carboxylic acids is 1. The highest BCUT2D eigenvalue weighted by atomic mass is 35.5. The van der Waals surface area contributed by atoms with E-state index in [1.54, 1.807) is 6.92 Å². The molecule has 0 unspecified atom stereocenters. The predicted octanol–water partition coefficient (Wildman–Crippen LogP) is 4.97.